The molecule has 0 radical (unpaired) electrons. The predicted molar refractivity (Wildman–Crippen MR) is 98.8 cm³/mol. The van der Waals surface area contributed by atoms with Gasteiger partial charge in [0.15, 0.2) is 11.5 Å². The second kappa shape index (κ2) is 6.84. The lowest BCUT2D eigenvalue weighted by molar-refractivity contribution is 0.247. The summed E-state index contributed by atoms with van der Waals surface area (Å²) in [5, 5.41) is 6.58. The minimum atomic E-state index is -0.365. The first-order valence-electron chi connectivity index (χ1n) is 8.06. The van der Waals surface area contributed by atoms with E-state index in [0.717, 1.165) is 24.0 Å². The SMILES string of the molecule is COc1ccc(C2(NC(=O)Nc3cccc(Cl)c3C)CC2)cc1OC. The van der Waals surface area contributed by atoms with Crippen molar-refractivity contribution in [1.82, 2.24) is 5.32 Å². The van der Waals surface area contributed by atoms with Crippen LogP contribution in [-0.4, -0.2) is 20.3 Å². The van der Waals surface area contributed by atoms with Gasteiger partial charge in [-0.05, 0) is 55.2 Å². The van der Waals surface area contributed by atoms with Crippen molar-refractivity contribution in [2.24, 2.45) is 0 Å². The highest BCUT2D eigenvalue weighted by atomic mass is 35.5. The quantitative estimate of drug-likeness (QED) is 0.826. The van der Waals surface area contributed by atoms with Gasteiger partial charge in [0, 0.05) is 10.7 Å². The van der Waals surface area contributed by atoms with Gasteiger partial charge in [-0.2, -0.15) is 0 Å². The molecule has 2 amide bonds. The summed E-state index contributed by atoms with van der Waals surface area (Å²) in [5.74, 6) is 1.32. The topological polar surface area (TPSA) is 59.6 Å². The van der Waals surface area contributed by atoms with Crippen LogP contribution in [-0.2, 0) is 5.54 Å². The minimum Gasteiger partial charge on any atom is -0.493 e. The van der Waals surface area contributed by atoms with Gasteiger partial charge in [0.1, 0.15) is 0 Å². The van der Waals surface area contributed by atoms with Gasteiger partial charge in [-0.25, -0.2) is 4.79 Å². The number of amides is 2. The third-order valence-electron chi connectivity index (χ3n) is 4.55. The molecule has 25 heavy (non-hydrogen) atoms. The Labute approximate surface area is 152 Å². The van der Waals surface area contributed by atoms with Crippen LogP contribution in [0.1, 0.15) is 24.0 Å². The first-order chi connectivity index (χ1) is 12.0. The van der Waals surface area contributed by atoms with E-state index in [2.05, 4.69) is 10.6 Å². The summed E-state index contributed by atoms with van der Waals surface area (Å²) in [6.07, 6.45) is 1.76. The first-order valence-corrected chi connectivity index (χ1v) is 8.43. The Balaban J connectivity index is 1.76. The number of benzene rings is 2. The zero-order valence-electron chi connectivity index (χ0n) is 14.5. The molecule has 5 nitrogen and oxygen atoms in total. The molecule has 1 saturated carbocycles. The molecule has 2 aromatic carbocycles. The predicted octanol–water partition coefficient (Wildman–Crippen LogP) is 4.48. The van der Waals surface area contributed by atoms with Crippen molar-refractivity contribution < 1.29 is 14.3 Å². The molecule has 0 spiro atoms. The molecule has 0 saturated heterocycles. The van der Waals surface area contributed by atoms with Gasteiger partial charge >= 0.3 is 6.03 Å². The van der Waals surface area contributed by atoms with E-state index in [1.165, 1.54) is 0 Å². The molecule has 1 fully saturated rings. The van der Waals surface area contributed by atoms with Crippen molar-refractivity contribution in [1.29, 1.82) is 0 Å². The van der Waals surface area contributed by atoms with E-state index in [1.54, 1.807) is 20.3 Å². The standard InChI is InChI=1S/C19H21ClN2O3/c1-12-14(20)5-4-6-15(12)21-18(23)22-19(9-10-19)13-7-8-16(24-2)17(11-13)25-3/h4-8,11H,9-10H2,1-3H3,(H2,21,22,23). The van der Waals surface area contributed by atoms with Crippen molar-refractivity contribution in [3.8, 4) is 11.5 Å². The Hall–Kier alpha value is -2.40. The smallest absolute Gasteiger partial charge is 0.319 e. The number of anilines is 1. The molecule has 1 aliphatic rings. The van der Waals surface area contributed by atoms with Crippen LogP contribution in [0.2, 0.25) is 5.02 Å². The number of halogens is 1. The molecule has 6 heteroatoms. The molecule has 0 heterocycles. The molecule has 0 atom stereocenters. The van der Waals surface area contributed by atoms with Gasteiger partial charge in [-0.3, -0.25) is 0 Å². The molecule has 0 aliphatic heterocycles. The van der Waals surface area contributed by atoms with Gasteiger partial charge < -0.3 is 20.1 Å². The number of carbonyl (C=O) groups excluding carboxylic acids is 1. The van der Waals surface area contributed by atoms with Crippen LogP contribution < -0.4 is 20.1 Å². The summed E-state index contributed by atoms with van der Waals surface area (Å²) in [6.45, 7) is 1.87. The number of methoxy groups -OCH3 is 2. The van der Waals surface area contributed by atoms with Crippen molar-refractivity contribution in [3.63, 3.8) is 0 Å². The molecule has 2 N–H and O–H groups in total. The van der Waals surface area contributed by atoms with Crippen LogP contribution >= 0.6 is 11.6 Å². The maximum absolute atomic E-state index is 12.5. The minimum absolute atomic E-state index is 0.252. The van der Waals surface area contributed by atoms with Crippen LogP contribution in [0.25, 0.3) is 0 Å². The number of carbonyl (C=O) groups is 1. The molecular weight excluding hydrogens is 340 g/mol. The molecule has 0 unspecified atom stereocenters. The monoisotopic (exact) mass is 360 g/mol. The zero-order valence-corrected chi connectivity index (χ0v) is 15.2. The first kappa shape index (κ1) is 17.4. The second-order valence-corrected chi connectivity index (χ2v) is 6.55. The number of hydrogen-bond donors (Lipinski definition) is 2. The van der Waals surface area contributed by atoms with E-state index in [9.17, 15) is 4.79 Å². The highest BCUT2D eigenvalue weighted by molar-refractivity contribution is 6.31. The zero-order chi connectivity index (χ0) is 18.0. The van der Waals surface area contributed by atoms with Gasteiger partial charge in [0.05, 0.1) is 19.8 Å². The third-order valence-corrected chi connectivity index (χ3v) is 4.96. The fourth-order valence-corrected chi connectivity index (χ4v) is 3.03. The highest BCUT2D eigenvalue weighted by Crippen LogP contribution is 2.47. The van der Waals surface area contributed by atoms with Gasteiger partial charge in [0.25, 0.3) is 0 Å². The summed E-state index contributed by atoms with van der Waals surface area (Å²) < 4.78 is 10.6. The molecule has 0 aromatic heterocycles. The lowest BCUT2D eigenvalue weighted by Gasteiger charge is -2.20. The average molecular weight is 361 g/mol. The van der Waals surface area contributed by atoms with Crippen LogP contribution in [0.15, 0.2) is 36.4 Å². The third kappa shape index (κ3) is 3.51. The molecule has 0 bridgehead atoms. The van der Waals surface area contributed by atoms with Crippen LogP contribution in [0, 0.1) is 6.92 Å². The van der Waals surface area contributed by atoms with E-state index in [1.807, 2.05) is 37.3 Å². The Morgan fingerprint density at radius 1 is 1.12 bits per heavy atom. The van der Waals surface area contributed by atoms with E-state index < -0.39 is 0 Å². The Morgan fingerprint density at radius 2 is 1.84 bits per heavy atom. The van der Waals surface area contributed by atoms with Crippen LogP contribution in [0.5, 0.6) is 11.5 Å². The normalized spacial score (nSPS) is 14.6. The molecule has 1 aliphatic carbocycles. The average Bonchev–Trinajstić information content (AvgIpc) is 3.38. The number of hydrogen-bond acceptors (Lipinski definition) is 3. The van der Waals surface area contributed by atoms with Crippen LogP contribution in [0.4, 0.5) is 10.5 Å². The Kier molecular flexibility index (Phi) is 4.77. The summed E-state index contributed by atoms with van der Waals surface area (Å²) in [5.41, 5.74) is 2.18. The maximum atomic E-state index is 12.5. The fraction of sp³-hybridized carbons (Fsp3) is 0.316. The largest absolute Gasteiger partial charge is 0.493 e. The number of nitrogens with one attached hydrogen (secondary N) is 2. The summed E-state index contributed by atoms with van der Waals surface area (Å²) in [6, 6.07) is 10.9. The van der Waals surface area contributed by atoms with Crippen molar-refractivity contribution in [2.45, 2.75) is 25.3 Å². The Morgan fingerprint density at radius 3 is 2.48 bits per heavy atom. The molecule has 132 valence electrons. The van der Waals surface area contributed by atoms with Gasteiger partial charge in [0.2, 0.25) is 0 Å². The van der Waals surface area contributed by atoms with Crippen molar-refractivity contribution in [2.75, 3.05) is 19.5 Å². The van der Waals surface area contributed by atoms with Crippen molar-refractivity contribution in [3.05, 3.63) is 52.5 Å². The number of ether oxygens (including phenoxy) is 2. The van der Waals surface area contributed by atoms with Gasteiger partial charge in [-0.15, -0.1) is 0 Å². The molecule has 3 rings (SSSR count). The summed E-state index contributed by atoms with van der Waals surface area (Å²) >= 11 is 6.10. The maximum Gasteiger partial charge on any atom is 0.319 e. The van der Waals surface area contributed by atoms with E-state index in [-0.39, 0.29) is 11.6 Å². The summed E-state index contributed by atoms with van der Waals surface area (Å²) in [4.78, 5) is 12.5. The number of rotatable bonds is 5. The van der Waals surface area contributed by atoms with Gasteiger partial charge in [-0.1, -0.05) is 23.7 Å². The van der Waals surface area contributed by atoms with E-state index >= 15 is 0 Å². The second-order valence-electron chi connectivity index (χ2n) is 6.14. The molecule has 2 aromatic rings. The van der Waals surface area contributed by atoms with Crippen LogP contribution in [0.3, 0.4) is 0 Å². The lowest BCUT2D eigenvalue weighted by Crippen LogP contribution is -2.38. The Bertz CT molecular complexity index is 803. The number of urea groups is 1. The van der Waals surface area contributed by atoms with E-state index in [4.69, 9.17) is 21.1 Å². The summed E-state index contributed by atoms with van der Waals surface area (Å²) in [7, 11) is 3.20. The lowest BCUT2D eigenvalue weighted by atomic mass is 10.0. The van der Waals surface area contributed by atoms with E-state index in [0.29, 0.717) is 22.2 Å². The molecular formula is C19H21ClN2O3. The fourth-order valence-electron chi connectivity index (χ4n) is 2.86. The van der Waals surface area contributed by atoms with Crippen molar-refractivity contribution >= 4 is 23.3 Å². The highest BCUT2D eigenvalue weighted by Gasteiger charge is 2.46.